The highest BCUT2D eigenvalue weighted by atomic mass is 35.5. The Labute approximate surface area is 143 Å². The van der Waals surface area contributed by atoms with Gasteiger partial charge in [-0.25, -0.2) is 8.42 Å². The van der Waals surface area contributed by atoms with Crippen LogP contribution in [0.5, 0.6) is 0 Å². The predicted octanol–water partition coefficient (Wildman–Crippen LogP) is 1.66. The van der Waals surface area contributed by atoms with Gasteiger partial charge < -0.3 is 10.2 Å². The number of hydrogen-bond acceptors (Lipinski definition) is 4. The van der Waals surface area contributed by atoms with E-state index in [1.165, 1.54) is 22.5 Å². The molecule has 0 aliphatic rings. The molecule has 130 valence electrons. The molecule has 0 bridgehead atoms. The van der Waals surface area contributed by atoms with Gasteiger partial charge in [-0.1, -0.05) is 25.4 Å². The van der Waals surface area contributed by atoms with Gasteiger partial charge in [-0.05, 0) is 32.3 Å². The molecule has 0 unspecified atom stereocenters. The van der Waals surface area contributed by atoms with Crippen LogP contribution < -0.4 is 5.32 Å². The van der Waals surface area contributed by atoms with Gasteiger partial charge in [-0.2, -0.15) is 4.31 Å². The van der Waals surface area contributed by atoms with E-state index in [1.54, 1.807) is 13.8 Å². The van der Waals surface area contributed by atoms with Crippen LogP contribution in [0.2, 0.25) is 5.02 Å². The molecule has 1 amide bonds. The van der Waals surface area contributed by atoms with Crippen molar-refractivity contribution in [3.8, 4) is 0 Å². The van der Waals surface area contributed by atoms with Crippen molar-refractivity contribution < 1.29 is 13.2 Å². The van der Waals surface area contributed by atoms with Gasteiger partial charge in [0, 0.05) is 31.7 Å². The Morgan fingerprint density at radius 2 is 1.83 bits per heavy atom. The number of benzene rings is 1. The summed E-state index contributed by atoms with van der Waals surface area (Å²) in [4.78, 5) is 14.0. The number of halogens is 1. The minimum absolute atomic E-state index is 0.0388. The number of amides is 1. The zero-order valence-electron chi connectivity index (χ0n) is 14.0. The molecule has 0 radical (unpaired) electrons. The summed E-state index contributed by atoms with van der Waals surface area (Å²) in [6.45, 7) is 5.37. The van der Waals surface area contributed by atoms with Gasteiger partial charge in [0.1, 0.15) is 4.90 Å². The van der Waals surface area contributed by atoms with E-state index >= 15 is 0 Å². The second kappa shape index (κ2) is 8.63. The maximum atomic E-state index is 12.6. The molecule has 0 heterocycles. The standard InChI is InChI=1S/C15H24ClN3O3S/c1-5-19(6-2)23(21,22)14-11-12(7-8-13(14)16)15(20)17-9-10-18(3)4/h7-8,11H,5-6,9-10H2,1-4H3,(H,17,20). The van der Waals surface area contributed by atoms with E-state index in [2.05, 4.69) is 5.32 Å². The highest BCUT2D eigenvalue weighted by Crippen LogP contribution is 2.25. The van der Waals surface area contributed by atoms with E-state index in [-0.39, 0.29) is 21.4 Å². The number of nitrogens with one attached hydrogen (secondary N) is 1. The Balaban J connectivity index is 3.06. The van der Waals surface area contributed by atoms with Gasteiger partial charge in [0.15, 0.2) is 0 Å². The van der Waals surface area contributed by atoms with E-state index in [0.29, 0.717) is 26.2 Å². The first-order valence-electron chi connectivity index (χ1n) is 7.46. The Bertz CT molecular complexity index is 643. The summed E-state index contributed by atoms with van der Waals surface area (Å²) in [7, 11) is 0.103. The van der Waals surface area contributed by atoms with Crippen molar-refractivity contribution in [1.29, 1.82) is 0 Å². The van der Waals surface area contributed by atoms with E-state index in [0.717, 1.165) is 0 Å². The minimum Gasteiger partial charge on any atom is -0.351 e. The first kappa shape index (κ1) is 19.9. The molecule has 6 nitrogen and oxygen atoms in total. The first-order chi connectivity index (χ1) is 10.7. The van der Waals surface area contributed by atoms with Crippen LogP contribution in [0.25, 0.3) is 0 Å². The van der Waals surface area contributed by atoms with Crippen LogP contribution in [0, 0.1) is 0 Å². The highest BCUT2D eigenvalue weighted by Gasteiger charge is 2.25. The molecule has 1 aromatic carbocycles. The summed E-state index contributed by atoms with van der Waals surface area (Å²) in [6, 6.07) is 4.30. The third-order valence-electron chi connectivity index (χ3n) is 3.36. The number of carbonyl (C=O) groups is 1. The number of rotatable bonds is 8. The van der Waals surface area contributed by atoms with Crippen LogP contribution >= 0.6 is 11.6 Å². The summed E-state index contributed by atoms with van der Waals surface area (Å²) in [5.41, 5.74) is 0.277. The van der Waals surface area contributed by atoms with Gasteiger partial charge in [-0.3, -0.25) is 4.79 Å². The quantitative estimate of drug-likeness (QED) is 0.764. The molecule has 0 saturated heterocycles. The fraction of sp³-hybridized carbons (Fsp3) is 0.533. The molecule has 8 heteroatoms. The number of hydrogen-bond donors (Lipinski definition) is 1. The second-order valence-electron chi connectivity index (χ2n) is 5.29. The number of nitrogens with zero attached hydrogens (tertiary/aromatic N) is 2. The number of likely N-dealkylation sites (N-methyl/N-ethyl adjacent to an activating group) is 1. The van der Waals surface area contributed by atoms with Crippen LogP contribution in [-0.2, 0) is 10.0 Å². The Hall–Kier alpha value is -1.15. The average Bonchev–Trinajstić information content (AvgIpc) is 2.47. The second-order valence-corrected chi connectivity index (χ2v) is 7.61. The zero-order valence-corrected chi connectivity index (χ0v) is 15.5. The molecular weight excluding hydrogens is 338 g/mol. The summed E-state index contributed by atoms with van der Waals surface area (Å²) < 4.78 is 26.5. The molecule has 0 atom stereocenters. The third-order valence-corrected chi connectivity index (χ3v) is 5.89. The third kappa shape index (κ3) is 5.17. The van der Waals surface area contributed by atoms with Crippen molar-refractivity contribution in [3.63, 3.8) is 0 Å². The maximum Gasteiger partial charge on any atom is 0.251 e. The van der Waals surface area contributed by atoms with Gasteiger partial charge in [0.05, 0.1) is 5.02 Å². The molecule has 0 aliphatic heterocycles. The largest absolute Gasteiger partial charge is 0.351 e. The lowest BCUT2D eigenvalue weighted by atomic mass is 10.2. The fourth-order valence-corrected chi connectivity index (χ4v) is 4.00. The lowest BCUT2D eigenvalue weighted by Crippen LogP contribution is -2.32. The molecule has 1 aromatic rings. The fourth-order valence-electron chi connectivity index (χ4n) is 2.04. The molecule has 0 aromatic heterocycles. The van der Waals surface area contributed by atoms with Crippen LogP contribution in [0.15, 0.2) is 23.1 Å². The molecule has 23 heavy (non-hydrogen) atoms. The molecule has 0 spiro atoms. The summed E-state index contributed by atoms with van der Waals surface area (Å²) in [5, 5.41) is 2.87. The van der Waals surface area contributed by atoms with Gasteiger partial charge in [0.25, 0.3) is 5.91 Å². The maximum absolute atomic E-state index is 12.6. The Kier molecular flexibility index (Phi) is 7.47. The van der Waals surface area contributed by atoms with E-state index < -0.39 is 10.0 Å². The van der Waals surface area contributed by atoms with Crippen LogP contribution in [0.1, 0.15) is 24.2 Å². The number of sulfonamides is 1. The van der Waals surface area contributed by atoms with E-state index in [1.807, 2.05) is 19.0 Å². The molecule has 1 N–H and O–H groups in total. The van der Waals surface area contributed by atoms with Crippen molar-refractivity contribution in [1.82, 2.24) is 14.5 Å². The first-order valence-corrected chi connectivity index (χ1v) is 9.28. The van der Waals surface area contributed by atoms with Crippen molar-refractivity contribution in [2.24, 2.45) is 0 Å². The van der Waals surface area contributed by atoms with Crippen molar-refractivity contribution in [2.75, 3.05) is 40.3 Å². The van der Waals surface area contributed by atoms with Crippen LogP contribution in [-0.4, -0.2) is 63.8 Å². The monoisotopic (exact) mass is 361 g/mol. The predicted molar refractivity (Wildman–Crippen MR) is 92.4 cm³/mol. The molecular formula is C15H24ClN3O3S. The Morgan fingerprint density at radius 1 is 1.22 bits per heavy atom. The summed E-state index contributed by atoms with van der Waals surface area (Å²) in [6.07, 6.45) is 0. The zero-order chi connectivity index (χ0) is 17.6. The molecule has 0 aliphatic carbocycles. The average molecular weight is 362 g/mol. The topological polar surface area (TPSA) is 69.7 Å². The number of carbonyl (C=O) groups excluding carboxylic acids is 1. The lowest BCUT2D eigenvalue weighted by Gasteiger charge is -2.19. The van der Waals surface area contributed by atoms with Gasteiger partial charge in [0.2, 0.25) is 10.0 Å². The van der Waals surface area contributed by atoms with Gasteiger partial charge in [-0.15, -0.1) is 0 Å². The van der Waals surface area contributed by atoms with E-state index in [4.69, 9.17) is 11.6 Å². The van der Waals surface area contributed by atoms with Crippen LogP contribution in [0.3, 0.4) is 0 Å². The van der Waals surface area contributed by atoms with Crippen molar-refractivity contribution in [3.05, 3.63) is 28.8 Å². The highest BCUT2D eigenvalue weighted by molar-refractivity contribution is 7.89. The molecule has 0 saturated carbocycles. The SMILES string of the molecule is CCN(CC)S(=O)(=O)c1cc(C(=O)NCCN(C)C)ccc1Cl. The summed E-state index contributed by atoms with van der Waals surface area (Å²) >= 11 is 6.05. The Morgan fingerprint density at radius 3 is 2.35 bits per heavy atom. The summed E-state index contributed by atoms with van der Waals surface area (Å²) in [5.74, 6) is -0.320. The minimum atomic E-state index is -3.71. The van der Waals surface area contributed by atoms with E-state index in [9.17, 15) is 13.2 Å². The smallest absolute Gasteiger partial charge is 0.251 e. The van der Waals surface area contributed by atoms with Gasteiger partial charge >= 0.3 is 0 Å². The van der Waals surface area contributed by atoms with Crippen LogP contribution in [0.4, 0.5) is 0 Å². The lowest BCUT2D eigenvalue weighted by molar-refractivity contribution is 0.0951. The molecule has 1 rings (SSSR count). The van der Waals surface area contributed by atoms with Crippen molar-refractivity contribution in [2.45, 2.75) is 18.7 Å². The normalized spacial score (nSPS) is 12.0. The molecule has 0 fully saturated rings. The van der Waals surface area contributed by atoms with Crippen molar-refractivity contribution >= 4 is 27.5 Å².